The van der Waals surface area contributed by atoms with Crippen molar-refractivity contribution in [3.63, 3.8) is 0 Å². The standard InChI is InChI=1S/C17H30FN3/c1-5-8-10-21(14(4)7-3)17-15(12-19-9-6-2)11-16(18)13-20-17/h11,13-14,19H,5-10,12H2,1-4H3. The predicted octanol–water partition coefficient (Wildman–Crippen LogP) is 4.13. The van der Waals surface area contributed by atoms with Crippen LogP contribution in [0, 0.1) is 5.82 Å². The van der Waals surface area contributed by atoms with E-state index in [1.165, 1.54) is 6.20 Å². The molecule has 0 fully saturated rings. The molecule has 4 heteroatoms. The number of nitrogens with zero attached hydrogens (tertiary/aromatic N) is 2. The number of halogens is 1. The summed E-state index contributed by atoms with van der Waals surface area (Å²) in [6.07, 6.45) is 5.75. The lowest BCUT2D eigenvalue weighted by Gasteiger charge is -2.31. The molecule has 1 rings (SSSR count). The summed E-state index contributed by atoms with van der Waals surface area (Å²) in [5.41, 5.74) is 0.958. The van der Waals surface area contributed by atoms with Crippen molar-refractivity contribution in [2.75, 3.05) is 18.0 Å². The third-order valence-electron chi connectivity index (χ3n) is 3.80. The van der Waals surface area contributed by atoms with Crippen LogP contribution in [-0.2, 0) is 6.54 Å². The molecule has 21 heavy (non-hydrogen) atoms. The topological polar surface area (TPSA) is 28.2 Å². The van der Waals surface area contributed by atoms with Gasteiger partial charge in [0.15, 0.2) is 0 Å². The minimum absolute atomic E-state index is 0.258. The van der Waals surface area contributed by atoms with Gasteiger partial charge in [-0.1, -0.05) is 27.2 Å². The maximum Gasteiger partial charge on any atom is 0.141 e. The minimum Gasteiger partial charge on any atom is -0.354 e. The molecule has 0 amide bonds. The van der Waals surface area contributed by atoms with E-state index in [2.05, 4.69) is 42.9 Å². The van der Waals surface area contributed by atoms with Gasteiger partial charge in [-0.15, -0.1) is 0 Å². The van der Waals surface area contributed by atoms with Crippen LogP contribution in [0.25, 0.3) is 0 Å². The maximum atomic E-state index is 13.5. The van der Waals surface area contributed by atoms with Gasteiger partial charge in [-0.3, -0.25) is 0 Å². The highest BCUT2D eigenvalue weighted by molar-refractivity contribution is 5.47. The molecule has 1 aromatic rings. The second-order valence-corrected chi connectivity index (χ2v) is 5.62. The molecule has 0 bridgehead atoms. The molecule has 0 aliphatic rings. The Hall–Kier alpha value is -1.16. The fourth-order valence-electron chi connectivity index (χ4n) is 2.35. The fourth-order valence-corrected chi connectivity index (χ4v) is 2.35. The van der Waals surface area contributed by atoms with Crippen LogP contribution in [0.5, 0.6) is 0 Å². The fraction of sp³-hybridized carbons (Fsp3) is 0.706. The van der Waals surface area contributed by atoms with Crippen molar-refractivity contribution >= 4 is 5.82 Å². The third kappa shape index (κ3) is 5.62. The number of rotatable bonds is 10. The first-order valence-electron chi connectivity index (χ1n) is 8.25. The first-order chi connectivity index (χ1) is 10.1. The molecule has 1 atom stereocenters. The van der Waals surface area contributed by atoms with E-state index in [0.29, 0.717) is 12.6 Å². The Balaban J connectivity index is 2.98. The van der Waals surface area contributed by atoms with Gasteiger partial charge in [-0.2, -0.15) is 0 Å². The average Bonchev–Trinajstić information content (AvgIpc) is 2.49. The summed E-state index contributed by atoms with van der Waals surface area (Å²) in [6, 6.07) is 2.03. The molecule has 1 aromatic heterocycles. The Morgan fingerprint density at radius 2 is 2.05 bits per heavy atom. The smallest absolute Gasteiger partial charge is 0.141 e. The molecule has 120 valence electrons. The first-order valence-corrected chi connectivity index (χ1v) is 8.25. The molecule has 0 saturated heterocycles. The Morgan fingerprint density at radius 1 is 1.29 bits per heavy atom. The van der Waals surface area contributed by atoms with Gasteiger partial charge in [0, 0.05) is 24.7 Å². The van der Waals surface area contributed by atoms with E-state index in [1.54, 1.807) is 6.07 Å². The van der Waals surface area contributed by atoms with Crippen molar-refractivity contribution in [3.05, 3.63) is 23.6 Å². The Labute approximate surface area is 129 Å². The van der Waals surface area contributed by atoms with E-state index < -0.39 is 0 Å². The van der Waals surface area contributed by atoms with Crippen molar-refractivity contribution in [3.8, 4) is 0 Å². The molecular weight excluding hydrogens is 265 g/mol. The highest BCUT2D eigenvalue weighted by Crippen LogP contribution is 2.22. The maximum absolute atomic E-state index is 13.5. The van der Waals surface area contributed by atoms with Gasteiger partial charge in [0.25, 0.3) is 0 Å². The van der Waals surface area contributed by atoms with Crippen LogP contribution < -0.4 is 10.2 Å². The van der Waals surface area contributed by atoms with Gasteiger partial charge in [0.2, 0.25) is 0 Å². The quantitative estimate of drug-likeness (QED) is 0.658. The van der Waals surface area contributed by atoms with Crippen LogP contribution in [0.15, 0.2) is 12.3 Å². The zero-order valence-corrected chi connectivity index (χ0v) is 14.0. The summed E-state index contributed by atoms with van der Waals surface area (Å²) in [5.74, 6) is 0.675. The van der Waals surface area contributed by atoms with E-state index in [9.17, 15) is 4.39 Å². The number of anilines is 1. The van der Waals surface area contributed by atoms with Crippen LogP contribution in [0.3, 0.4) is 0 Å². The largest absolute Gasteiger partial charge is 0.354 e. The van der Waals surface area contributed by atoms with Gasteiger partial charge >= 0.3 is 0 Å². The molecule has 1 heterocycles. The SMILES string of the molecule is CCCCN(c1ncc(F)cc1CNCCC)C(C)CC. The molecule has 3 nitrogen and oxygen atoms in total. The number of aromatic nitrogens is 1. The summed E-state index contributed by atoms with van der Waals surface area (Å²) < 4.78 is 13.5. The minimum atomic E-state index is -0.258. The average molecular weight is 295 g/mol. The lowest BCUT2D eigenvalue weighted by molar-refractivity contribution is 0.574. The number of hydrogen-bond acceptors (Lipinski definition) is 3. The van der Waals surface area contributed by atoms with Crippen LogP contribution in [0.4, 0.5) is 10.2 Å². The van der Waals surface area contributed by atoms with E-state index in [0.717, 1.165) is 50.2 Å². The van der Waals surface area contributed by atoms with E-state index in [1.807, 2.05) is 0 Å². The molecule has 1 unspecified atom stereocenters. The molecule has 0 saturated carbocycles. The van der Waals surface area contributed by atoms with E-state index in [4.69, 9.17) is 0 Å². The Morgan fingerprint density at radius 3 is 2.67 bits per heavy atom. The van der Waals surface area contributed by atoms with Gasteiger partial charge in [0.05, 0.1) is 6.20 Å². The van der Waals surface area contributed by atoms with Crippen molar-refractivity contribution < 1.29 is 4.39 Å². The molecule has 0 aromatic carbocycles. The number of hydrogen-bond donors (Lipinski definition) is 1. The van der Waals surface area contributed by atoms with Crippen molar-refractivity contribution in [2.45, 2.75) is 66.0 Å². The van der Waals surface area contributed by atoms with Crippen LogP contribution in [-0.4, -0.2) is 24.1 Å². The summed E-state index contributed by atoms with van der Waals surface area (Å²) in [6.45, 7) is 11.3. The predicted molar refractivity (Wildman–Crippen MR) is 88.2 cm³/mol. The summed E-state index contributed by atoms with van der Waals surface area (Å²) in [7, 11) is 0. The normalized spacial score (nSPS) is 12.4. The van der Waals surface area contributed by atoms with E-state index in [-0.39, 0.29) is 5.82 Å². The van der Waals surface area contributed by atoms with Crippen LogP contribution in [0.2, 0.25) is 0 Å². The molecule has 1 N–H and O–H groups in total. The summed E-state index contributed by atoms with van der Waals surface area (Å²) in [5, 5.41) is 3.35. The van der Waals surface area contributed by atoms with Gasteiger partial charge in [0.1, 0.15) is 11.6 Å². The second-order valence-electron chi connectivity index (χ2n) is 5.62. The monoisotopic (exact) mass is 295 g/mol. The van der Waals surface area contributed by atoms with Crippen LogP contribution in [0.1, 0.15) is 58.9 Å². The molecule has 0 aliphatic carbocycles. The van der Waals surface area contributed by atoms with Crippen molar-refractivity contribution in [1.29, 1.82) is 0 Å². The van der Waals surface area contributed by atoms with E-state index >= 15 is 0 Å². The lowest BCUT2D eigenvalue weighted by atomic mass is 10.1. The zero-order chi connectivity index (χ0) is 15.7. The molecule has 0 aliphatic heterocycles. The van der Waals surface area contributed by atoms with Crippen molar-refractivity contribution in [1.82, 2.24) is 10.3 Å². The van der Waals surface area contributed by atoms with Gasteiger partial charge < -0.3 is 10.2 Å². The summed E-state index contributed by atoms with van der Waals surface area (Å²) >= 11 is 0. The highest BCUT2D eigenvalue weighted by atomic mass is 19.1. The molecule has 0 spiro atoms. The number of pyridine rings is 1. The number of nitrogens with one attached hydrogen (secondary N) is 1. The molecular formula is C17H30FN3. The van der Waals surface area contributed by atoms with Crippen molar-refractivity contribution in [2.24, 2.45) is 0 Å². The molecule has 0 radical (unpaired) electrons. The Kier molecular flexibility index (Phi) is 8.28. The highest BCUT2D eigenvalue weighted by Gasteiger charge is 2.17. The Bertz CT molecular complexity index is 409. The second kappa shape index (κ2) is 9.72. The van der Waals surface area contributed by atoms with Gasteiger partial charge in [-0.05, 0) is 38.8 Å². The zero-order valence-electron chi connectivity index (χ0n) is 14.0. The lowest BCUT2D eigenvalue weighted by Crippen LogP contribution is -2.35. The summed E-state index contributed by atoms with van der Waals surface area (Å²) in [4.78, 5) is 6.72. The third-order valence-corrected chi connectivity index (χ3v) is 3.80. The van der Waals surface area contributed by atoms with Crippen LogP contribution >= 0.6 is 0 Å². The first kappa shape index (κ1) is 17.9. The van der Waals surface area contributed by atoms with Gasteiger partial charge in [-0.25, -0.2) is 9.37 Å². The number of unbranched alkanes of at least 4 members (excludes halogenated alkanes) is 1.